The van der Waals surface area contributed by atoms with Gasteiger partial charge in [0.1, 0.15) is 0 Å². The lowest BCUT2D eigenvalue weighted by molar-refractivity contribution is 0.307. The molecule has 0 fully saturated rings. The van der Waals surface area contributed by atoms with Crippen LogP contribution in [0.15, 0.2) is 18.2 Å². The molecule has 0 amide bonds. The Morgan fingerprint density at radius 2 is 2.12 bits per heavy atom. The predicted octanol–water partition coefficient (Wildman–Crippen LogP) is 3.62. The van der Waals surface area contributed by atoms with Gasteiger partial charge < -0.3 is 5.11 Å². The maximum Gasteiger partial charge on any atom is 0.0946 e. The van der Waals surface area contributed by atoms with E-state index in [1.807, 2.05) is 0 Å². The third-order valence-corrected chi connectivity index (χ3v) is 4.08. The zero-order chi connectivity index (χ0) is 11.9. The lowest BCUT2D eigenvalue weighted by Crippen LogP contribution is -2.21. The Hall–Kier alpha value is -0.820. The molecular formula is C15H21O. The number of rotatable bonds is 2. The van der Waals surface area contributed by atoms with Gasteiger partial charge in [-0.1, -0.05) is 39.0 Å². The van der Waals surface area contributed by atoms with Crippen LogP contribution in [0.2, 0.25) is 0 Å². The summed E-state index contributed by atoms with van der Waals surface area (Å²) >= 11 is 0. The van der Waals surface area contributed by atoms with E-state index in [1.54, 1.807) is 6.92 Å². The zero-order valence-electron chi connectivity index (χ0n) is 10.7. The minimum atomic E-state index is 0.297. The second kappa shape index (κ2) is 3.89. The van der Waals surface area contributed by atoms with E-state index in [9.17, 15) is 5.11 Å². The van der Waals surface area contributed by atoms with E-state index in [4.69, 9.17) is 0 Å². The van der Waals surface area contributed by atoms with Crippen molar-refractivity contribution < 1.29 is 5.11 Å². The molecule has 1 nitrogen and oxygen atoms in total. The molecule has 1 aromatic rings. The van der Waals surface area contributed by atoms with Gasteiger partial charge in [0, 0.05) is 6.42 Å². The normalized spacial score (nSPS) is 22.5. The molecule has 0 aromatic heterocycles. The van der Waals surface area contributed by atoms with Gasteiger partial charge in [0.25, 0.3) is 0 Å². The fraction of sp³-hybridized carbons (Fsp3) is 0.533. The van der Waals surface area contributed by atoms with Crippen LogP contribution in [0.25, 0.3) is 0 Å². The first-order valence-electron chi connectivity index (χ1n) is 6.05. The van der Waals surface area contributed by atoms with Crippen molar-refractivity contribution in [3.05, 3.63) is 41.0 Å². The minimum absolute atomic E-state index is 0.297. The maximum atomic E-state index is 9.33. The Morgan fingerprint density at radius 3 is 2.75 bits per heavy atom. The summed E-state index contributed by atoms with van der Waals surface area (Å²) in [6, 6.07) is 6.66. The molecule has 1 aliphatic carbocycles. The third-order valence-electron chi connectivity index (χ3n) is 4.08. The third kappa shape index (κ3) is 1.89. The topological polar surface area (TPSA) is 20.2 Å². The first-order valence-corrected chi connectivity index (χ1v) is 6.05. The Balaban J connectivity index is 2.33. The maximum absolute atomic E-state index is 9.33. The Morgan fingerprint density at radius 1 is 1.44 bits per heavy atom. The van der Waals surface area contributed by atoms with Gasteiger partial charge in [-0.05, 0) is 41.4 Å². The van der Waals surface area contributed by atoms with E-state index >= 15 is 0 Å². The molecule has 87 valence electrons. The van der Waals surface area contributed by atoms with Crippen molar-refractivity contribution in [3.63, 3.8) is 0 Å². The Kier molecular flexibility index (Phi) is 2.83. The van der Waals surface area contributed by atoms with Crippen molar-refractivity contribution >= 4 is 0 Å². The minimum Gasteiger partial charge on any atom is -0.387 e. The summed E-state index contributed by atoms with van der Waals surface area (Å²) in [5, 5.41) is 9.33. The van der Waals surface area contributed by atoms with Gasteiger partial charge >= 0.3 is 0 Å². The average Bonchev–Trinajstić information content (AvgIpc) is 2.36. The quantitative estimate of drug-likeness (QED) is 0.802. The summed E-state index contributed by atoms with van der Waals surface area (Å²) in [7, 11) is 0. The molecular weight excluding hydrogens is 196 g/mol. The molecule has 0 saturated heterocycles. The van der Waals surface area contributed by atoms with E-state index in [0.717, 1.165) is 0 Å². The summed E-state index contributed by atoms with van der Waals surface area (Å²) in [6.45, 7) is 8.74. The first kappa shape index (κ1) is 11.7. The molecule has 1 aromatic carbocycles. The van der Waals surface area contributed by atoms with E-state index in [-0.39, 0.29) is 0 Å². The number of aliphatic hydroxyl groups is 1. The monoisotopic (exact) mass is 217 g/mol. The second-order valence-corrected chi connectivity index (χ2v) is 5.73. The van der Waals surface area contributed by atoms with Crippen molar-refractivity contribution in [3.8, 4) is 0 Å². The van der Waals surface area contributed by atoms with Gasteiger partial charge in [0.2, 0.25) is 0 Å². The van der Waals surface area contributed by atoms with E-state index in [2.05, 4.69) is 39.0 Å². The van der Waals surface area contributed by atoms with Crippen molar-refractivity contribution in [2.75, 3.05) is 0 Å². The highest BCUT2D eigenvalue weighted by Crippen LogP contribution is 2.42. The van der Waals surface area contributed by atoms with Crippen LogP contribution in [0.5, 0.6) is 0 Å². The first-order chi connectivity index (χ1) is 7.41. The lowest BCUT2D eigenvalue weighted by atomic mass is 9.79. The SMILES string of the molecule is C[C](O)Cc1ccc2c(c1)CC(C)C2(C)C. The highest BCUT2D eigenvalue weighted by molar-refractivity contribution is 5.42. The van der Waals surface area contributed by atoms with Crippen molar-refractivity contribution in [2.45, 2.75) is 46.0 Å². The van der Waals surface area contributed by atoms with Gasteiger partial charge in [0.05, 0.1) is 6.10 Å². The zero-order valence-corrected chi connectivity index (χ0v) is 10.7. The van der Waals surface area contributed by atoms with Crippen LogP contribution in [-0.4, -0.2) is 5.11 Å². The van der Waals surface area contributed by atoms with Crippen LogP contribution in [0.1, 0.15) is 44.4 Å². The number of hydrogen-bond donors (Lipinski definition) is 1. The van der Waals surface area contributed by atoms with E-state index < -0.39 is 0 Å². The molecule has 0 aliphatic heterocycles. The van der Waals surface area contributed by atoms with Crippen molar-refractivity contribution in [1.29, 1.82) is 0 Å². The number of fused-ring (bicyclic) bond motifs is 1. The molecule has 0 heterocycles. The number of hydrogen-bond acceptors (Lipinski definition) is 1. The predicted molar refractivity (Wildman–Crippen MR) is 66.9 cm³/mol. The van der Waals surface area contributed by atoms with Crippen molar-refractivity contribution in [1.82, 2.24) is 0 Å². The number of aliphatic hydroxyl groups excluding tert-OH is 1. The average molecular weight is 217 g/mol. The lowest BCUT2D eigenvalue weighted by Gasteiger charge is -2.25. The van der Waals surface area contributed by atoms with Gasteiger partial charge in [-0.15, -0.1) is 0 Å². The van der Waals surface area contributed by atoms with Crippen LogP contribution in [-0.2, 0) is 18.3 Å². The van der Waals surface area contributed by atoms with Gasteiger partial charge in [-0.2, -0.15) is 0 Å². The highest BCUT2D eigenvalue weighted by Gasteiger charge is 2.36. The molecule has 1 unspecified atom stereocenters. The van der Waals surface area contributed by atoms with Crippen LogP contribution < -0.4 is 0 Å². The van der Waals surface area contributed by atoms with Crippen molar-refractivity contribution in [2.24, 2.45) is 5.92 Å². The molecule has 1 N–H and O–H groups in total. The molecule has 0 spiro atoms. The summed E-state index contributed by atoms with van der Waals surface area (Å²) in [5.41, 5.74) is 4.48. The van der Waals surface area contributed by atoms with Gasteiger partial charge in [-0.25, -0.2) is 0 Å². The molecule has 2 rings (SSSR count). The Labute approximate surface area is 98.5 Å². The summed E-state index contributed by atoms with van der Waals surface area (Å²) < 4.78 is 0. The fourth-order valence-corrected chi connectivity index (χ4v) is 2.70. The molecule has 1 heteroatoms. The molecule has 16 heavy (non-hydrogen) atoms. The second-order valence-electron chi connectivity index (χ2n) is 5.73. The molecule has 1 radical (unpaired) electrons. The van der Waals surface area contributed by atoms with E-state index in [1.165, 1.54) is 23.1 Å². The smallest absolute Gasteiger partial charge is 0.0946 e. The molecule has 1 aliphatic rings. The summed E-state index contributed by atoms with van der Waals surface area (Å²) in [6.07, 6.45) is 2.34. The van der Waals surface area contributed by atoms with Crippen LogP contribution >= 0.6 is 0 Å². The van der Waals surface area contributed by atoms with Crippen LogP contribution in [0.3, 0.4) is 0 Å². The molecule has 0 bridgehead atoms. The molecule has 1 atom stereocenters. The van der Waals surface area contributed by atoms with Gasteiger partial charge in [-0.3, -0.25) is 0 Å². The molecule has 0 saturated carbocycles. The number of benzene rings is 1. The van der Waals surface area contributed by atoms with Crippen LogP contribution in [0.4, 0.5) is 0 Å². The summed E-state index contributed by atoms with van der Waals surface area (Å²) in [4.78, 5) is 0. The van der Waals surface area contributed by atoms with Crippen LogP contribution in [0, 0.1) is 12.0 Å². The van der Waals surface area contributed by atoms with E-state index in [0.29, 0.717) is 23.9 Å². The fourth-order valence-electron chi connectivity index (χ4n) is 2.70. The Bertz CT molecular complexity index is 390. The van der Waals surface area contributed by atoms with Gasteiger partial charge in [0.15, 0.2) is 0 Å². The highest BCUT2D eigenvalue weighted by atomic mass is 16.3. The summed E-state index contributed by atoms with van der Waals surface area (Å²) in [5.74, 6) is 0.706. The largest absolute Gasteiger partial charge is 0.387 e. The standard InChI is InChI=1S/C15H21O/c1-10-7-13-9-12(8-11(2)16)5-6-14(13)15(10,3)4/h5-6,9-10,16H,7-8H2,1-4H3.